The molecule has 0 aliphatic carbocycles. The minimum absolute atomic E-state index is 0.265. The first kappa shape index (κ1) is 13.4. The zero-order valence-corrected chi connectivity index (χ0v) is 12.2. The van der Waals surface area contributed by atoms with Gasteiger partial charge in [0.05, 0.1) is 0 Å². The number of hydrogen-bond donors (Lipinski definition) is 1. The summed E-state index contributed by atoms with van der Waals surface area (Å²) < 4.78 is 0. The maximum absolute atomic E-state index is 3.23. The molecule has 0 atom stereocenters. The molecule has 3 aromatic rings. The van der Waals surface area contributed by atoms with Gasteiger partial charge in [0.1, 0.15) is 0 Å². The lowest BCUT2D eigenvalue weighted by molar-refractivity contribution is 0.978. The summed E-state index contributed by atoms with van der Waals surface area (Å²) in [5.74, 6) is 0.265. The van der Waals surface area contributed by atoms with E-state index in [1.807, 2.05) is 7.05 Å². The predicted octanol–water partition coefficient (Wildman–Crippen LogP) is 4.91. The van der Waals surface area contributed by atoms with Crippen molar-refractivity contribution in [3.8, 4) is 0 Å². The Labute approximate surface area is 126 Å². The molecule has 1 nitrogen and oxygen atoms in total. The predicted molar refractivity (Wildman–Crippen MR) is 89.8 cm³/mol. The summed E-state index contributed by atoms with van der Waals surface area (Å²) in [6.07, 6.45) is 0. The van der Waals surface area contributed by atoms with E-state index in [9.17, 15) is 0 Å². The zero-order chi connectivity index (χ0) is 14.5. The molecule has 0 saturated heterocycles. The van der Waals surface area contributed by atoms with Crippen LogP contribution in [0.1, 0.15) is 22.6 Å². The van der Waals surface area contributed by atoms with Crippen LogP contribution in [-0.4, -0.2) is 7.05 Å². The van der Waals surface area contributed by atoms with Crippen molar-refractivity contribution in [2.45, 2.75) is 5.92 Å². The van der Waals surface area contributed by atoms with Crippen LogP contribution in [0.5, 0.6) is 0 Å². The van der Waals surface area contributed by atoms with E-state index >= 15 is 0 Å². The smallest absolute Gasteiger partial charge is 0.0340 e. The van der Waals surface area contributed by atoms with Crippen molar-refractivity contribution < 1.29 is 0 Å². The summed E-state index contributed by atoms with van der Waals surface area (Å²) in [5.41, 5.74) is 5.08. The Hall–Kier alpha value is -2.54. The van der Waals surface area contributed by atoms with Crippen LogP contribution < -0.4 is 5.32 Å². The monoisotopic (exact) mass is 273 g/mol. The average molecular weight is 273 g/mol. The van der Waals surface area contributed by atoms with Crippen molar-refractivity contribution in [1.82, 2.24) is 0 Å². The lowest BCUT2D eigenvalue weighted by Gasteiger charge is -2.19. The fourth-order valence-electron chi connectivity index (χ4n) is 2.74. The summed E-state index contributed by atoms with van der Waals surface area (Å²) in [6, 6.07) is 30.0. The van der Waals surface area contributed by atoms with Gasteiger partial charge in [0, 0.05) is 18.7 Å². The largest absolute Gasteiger partial charge is 0.388 e. The highest BCUT2D eigenvalue weighted by Gasteiger charge is 2.16. The van der Waals surface area contributed by atoms with Gasteiger partial charge in [-0.25, -0.2) is 0 Å². The fourth-order valence-corrected chi connectivity index (χ4v) is 2.74. The molecule has 0 aliphatic heterocycles. The minimum atomic E-state index is 0.265. The van der Waals surface area contributed by atoms with Crippen molar-refractivity contribution in [1.29, 1.82) is 0 Å². The Bertz CT molecular complexity index is 650. The van der Waals surface area contributed by atoms with E-state index in [0.717, 1.165) is 5.69 Å². The van der Waals surface area contributed by atoms with Crippen LogP contribution in [0.2, 0.25) is 0 Å². The van der Waals surface area contributed by atoms with E-state index in [0.29, 0.717) is 0 Å². The first-order valence-electron chi connectivity index (χ1n) is 7.26. The molecule has 0 radical (unpaired) electrons. The summed E-state index contributed by atoms with van der Waals surface area (Å²) in [5, 5.41) is 3.23. The van der Waals surface area contributed by atoms with E-state index in [1.165, 1.54) is 16.7 Å². The van der Waals surface area contributed by atoms with Crippen molar-refractivity contribution in [2.24, 2.45) is 0 Å². The summed E-state index contributed by atoms with van der Waals surface area (Å²) in [7, 11) is 1.96. The van der Waals surface area contributed by atoms with Crippen LogP contribution in [0, 0.1) is 0 Å². The summed E-state index contributed by atoms with van der Waals surface area (Å²) in [4.78, 5) is 0. The third-order valence-electron chi connectivity index (χ3n) is 3.77. The van der Waals surface area contributed by atoms with Crippen molar-refractivity contribution in [3.05, 3.63) is 102 Å². The molecule has 0 aliphatic rings. The third-order valence-corrected chi connectivity index (χ3v) is 3.77. The fraction of sp³-hybridized carbons (Fsp3) is 0.100. The van der Waals surface area contributed by atoms with Gasteiger partial charge in [-0.1, -0.05) is 72.8 Å². The van der Waals surface area contributed by atoms with Crippen molar-refractivity contribution in [3.63, 3.8) is 0 Å². The molecule has 0 spiro atoms. The molecule has 0 amide bonds. The van der Waals surface area contributed by atoms with Crippen LogP contribution in [-0.2, 0) is 0 Å². The number of anilines is 1. The second-order valence-electron chi connectivity index (χ2n) is 5.13. The maximum Gasteiger partial charge on any atom is 0.0340 e. The van der Waals surface area contributed by atoms with Crippen LogP contribution in [0.3, 0.4) is 0 Å². The molecule has 3 rings (SSSR count). The molecule has 0 saturated carbocycles. The first-order valence-corrected chi connectivity index (χ1v) is 7.26. The highest BCUT2D eigenvalue weighted by atomic mass is 14.8. The molecule has 104 valence electrons. The highest BCUT2D eigenvalue weighted by molar-refractivity contribution is 5.51. The third kappa shape index (κ3) is 2.97. The van der Waals surface area contributed by atoms with Gasteiger partial charge in [0.15, 0.2) is 0 Å². The van der Waals surface area contributed by atoms with E-state index in [-0.39, 0.29) is 5.92 Å². The summed E-state index contributed by atoms with van der Waals surface area (Å²) >= 11 is 0. The van der Waals surface area contributed by atoms with Gasteiger partial charge < -0.3 is 5.32 Å². The van der Waals surface area contributed by atoms with Crippen LogP contribution in [0.25, 0.3) is 0 Å². The minimum Gasteiger partial charge on any atom is -0.388 e. The highest BCUT2D eigenvalue weighted by Crippen LogP contribution is 2.32. The Kier molecular flexibility index (Phi) is 4.02. The van der Waals surface area contributed by atoms with E-state index in [2.05, 4.69) is 90.2 Å². The molecule has 21 heavy (non-hydrogen) atoms. The second-order valence-corrected chi connectivity index (χ2v) is 5.13. The van der Waals surface area contributed by atoms with E-state index in [1.54, 1.807) is 0 Å². The van der Waals surface area contributed by atoms with Crippen LogP contribution in [0.15, 0.2) is 84.9 Å². The Balaban J connectivity index is 2.12. The van der Waals surface area contributed by atoms with Gasteiger partial charge in [-0.2, -0.15) is 0 Å². The van der Waals surface area contributed by atoms with Crippen molar-refractivity contribution >= 4 is 5.69 Å². The molecule has 0 fully saturated rings. The molecule has 1 heteroatoms. The normalized spacial score (nSPS) is 10.6. The Morgan fingerprint density at radius 2 is 1.14 bits per heavy atom. The standard InChI is InChI=1S/C20H19N/c1-21-19-14-8-13-18(15-19)20(16-9-4-2-5-10-16)17-11-6-3-7-12-17/h2-15,20-21H,1H3. The Morgan fingerprint density at radius 1 is 0.619 bits per heavy atom. The topological polar surface area (TPSA) is 12.0 Å². The van der Waals surface area contributed by atoms with Gasteiger partial charge in [-0.15, -0.1) is 0 Å². The molecule has 3 aromatic carbocycles. The van der Waals surface area contributed by atoms with Gasteiger partial charge in [-0.05, 0) is 28.8 Å². The van der Waals surface area contributed by atoms with Crippen LogP contribution >= 0.6 is 0 Å². The molecular formula is C20H19N. The quantitative estimate of drug-likeness (QED) is 0.666. The van der Waals surface area contributed by atoms with E-state index < -0.39 is 0 Å². The van der Waals surface area contributed by atoms with Crippen LogP contribution in [0.4, 0.5) is 5.69 Å². The molecule has 0 bridgehead atoms. The van der Waals surface area contributed by atoms with Gasteiger partial charge in [0.25, 0.3) is 0 Å². The summed E-state index contributed by atoms with van der Waals surface area (Å²) in [6.45, 7) is 0. The molecule has 1 N–H and O–H groups in total. The van der Waals surface area contributed by atoms with Crippen molar-refractivity contribution in [2.75, 3.05) is 12.4 Å². The average Bonchev–Trinajstić information content (AvgIpc) is 2.57. The molecular weight excluding hydrogens is 254 g/mol. The maximum atomic E-state index is 3.23. The lowest BCUT2D eigenvalue weighted by atomic mass is 9.85. The lowest BCUT2D eigenvalue weighted by Crippen LogP contribution is -2.03. The molecule has 0 heterocycles. The zero-order valence-electron chi connectivity index (χ0n) is 12.2. The SMILES string of the molecule is CNc1cccc(C(c2ccccc2)c2ccccc2)c1. The second kappa shape index (κ2) is 6.27. The number of rotatable bonds is 4. The number of benzene rings is 3. The number of nitrogens with one attached hydrogen (secondary N) is 1. The van der Waals surface area contributed by atoms with Gasteiger partial charge in [-0.3, -0.25) is 0 Å². The first-order chi connectivity index (χ1) is 10.4. The van der Waals surface area contributed by atoms with E-state index in [4.69, 9.17) is 0 Å². The number of hydrogen-bond acceptors (Lipinski definition) is 1. The molecule has 0 aromatic heterocycles. The Morgan fingerprint density at radius 3 is 1.67 bits per heavy atom. The molecule has 0 unspecified atom stereocenters. The van der Waals surface area contributed by atoms with Gasteiger partial charge in [0.2, 0.25) is 0 Å². The van der Waals surface area contributed by atoms with Gasteiger partial charge >= 0.3 is 0 Å².